The number of fused-ring (bicyclic) bond motifs is 1. The van der Waals surface area contributed by atoms with Crippen molar-refractivity contribution in [2.24, 2.45) is 0 Å². The fourth-order valence-corrected chi connectivity index (χ4v) is 2.22. The summed E-state index contributed by atoms with van der Waals surface area (Å²) in [4.78, 5) is 14.5. The average Bonchev–Trinajstić information content (AvgIpc) is 2.47. The van der Waals surface area contributed by atoms with Crippen LogP contribution in [-0.2, 0) is 0 Å². The van der Waals surface area contributed by atoms with E-state index in [1.807, 2.05) is 6.07 Å². The van der Waals surface area contributed by atoms with Crippen LogP contribution in [0.4, 0.5) is 4.79 Å². The summed E-state index contributed by atoms with van der Waals surface area (Å²) in [5.74, 6) is 0. The Morgan fingerprint density at radius 1 is 1.42 bits per heavy atom. The first-order valence-electron chi connectivity index (χ1n) is 3.36. The van der Waals surface area contributed by atoms with Crippen LogP contribution in [0.2, 0.25) is 0 Å². The van der Waals surface area contributed by atoms with Crippen molar-refractivity contribution in [1.82, 2.24) is 4.98 Å². The number of nitrogens with zero attached hydrogens (tertiary/aromatic N) is 1. The Balaban J connectivity index is 2.79. The summed E-state index contributed by atoms with van der Waals surface area (Å²) in [6.07, 6.45) is 0. The Morgan fingerprint density at radius 3 is 2.92 bits per heavy atom. The van der Waals surface area contributed by atoms with Gasteiger partial charge in [-0.1, -0.05) is 12.1 Å². The van der Waals surface area contributed by atoms with Gasteiger partial charge in [-0.25, -0.2) is 0 Å². The molecule has 1 aromatic heterocycles. The molecule has 60 valence electrons. The highest BCUT2D eigenvalue weighted by Gasteiger charge is 2.13. The van der Waals surface area contributed by atoms with Crippen molar-refractivity contribution in [3.05, 3.63) is 29.8 Å². The first-order chi connectivity index (χ1) is 5.79. The van der Waals surface area contributed by atoms with Crippen LogP contribution in [0.3, 0.4) is 0 Å². The lowest BCUT2D eigenvalue weighted by Crippen LogP contribution is -2.15. The highest BCUT2D eigenvalue weighted by molar-refractivity contribution is 7.53. The minimum atomic E-state index is -1.07. The summed E-state index contributed by atoms with van der Waals surface area (Å²) < 4.78 is 0.748. The van der Waals surface area contributed by atoms with E-state index in [0.717, 1.165) is 10.2 Å². The minimum absolute atomic E-state index is 0.741. The summed E-state index contributed by atoms with van der Waals surface area (Å²) in [6, 6.07) is 7.19. The molecule has 12 heavy (non-hydrogen) atoms. The number of hydrogen-bond acceptors (Lipinski definition) is 3. The molecule has 0 N–H and O–H groups in total. The zero-order valence-corrected chi connectivity index (χ0v) is 6.88. The average molecular weight is 179 g/mol. The van der Waals surface area contributed by atoms with Gasteiger partial charge in [0.25, 0.3) is 0 Å². The third-order valence-corrected chi connectivity index (χ3v) is 3.07. The molecule has 1 aromatic carbocycles. The number of carbonyl (C=O) groups is 1. The molecular weight excluding hydrogens is 174 g/mol. The maximum absolute atomic E-state index is 10.6. The van der Waals surface area contributed by atoms with Crippen LogP contribution in [0, 0.1) is 0 Å². The molecule has 1 heterocycles. The van der Waals surface area contributed by atoms with E-state index in [0.29, 0.717) is 0 Å². The first-order valence-corrected chi connectivity index (χ1v) is 4.65. The SMILES string of the molecule is O=C([O-])[s+]1cnc2ccccc21. The highest BCUT2D eigenvalue weighted by atomic mass is 32.2. The van der Waals surface area contributed by atoms with Gasteiger partial charge in [0.05, 0.1) is 10.5 Å². The maximum Gasteiger partial charge on any atom is 0.302 e. The molecule has 0 fully saturated rings. The van der Waals surface area contributed by atoms with Crippen molar-refractivity contribution >= 4 is 26.0 Å². The largest absolute Gasteiger partial charge is 0.500 e. The summed E-state index contributed by atoms with van der Waals surface area (Å²) in [7, 11) is -0.940. The van der Waals surface area contributed by atoms with Crippen molar-refractivity contribution < 1.29 is 9.90 Å². The number of rotatable bonds is 1. The molecule has 0 aliphatic carbocycles. The molecule has 4 heteroatoms. The van der Waals surface area contributed by atoms with E-state index in [4.69, 9.17) is 0 Å². The molecule has 0 amide bonds. The number of aromatic nitrogens is 1. The highest BCUT2D eigenvalue weighted by Crippen LogP contribution is 2.27. The van der Waals surface area contributed by atoms with Crippen molar-refractivity contribution in [2.75, 3.05) is 0 Å². The second-order valence-electron chi connectivity index (χ2n) is 2.29. The summed E-state index contributed by atoms with van der Waals surface area (Å²) in [5, 5.41) is 9.51. The number of thiazole rings is 1. The van der Waals surface area contributed by atoms with Crippen molar-refractivity contribution in [1.29, 1.82) is 0 Å². The zero-order chi connectivity index (χ0) is 8.55. The molecule has 2 rings (SSSR count). The second-order valence-corrected chi connectivity index (χ2v) is 3.95. The molecule has 1 unspecified atom stereocenters. The predicted octanol–water partition coefficient (Wildman–Crippen LogP) is 1.18. The fourth-order valence-electron chi connectivity index (χ4n) is 1.05. The Kier molecular flexibility index (Phi) is 1.55. The monoisotopic (exact) mass is 179 g/mol. The van der Waals surface area contributed by atoms with Gasteiger partial charge in [0, 0.05) is 6.07 Å². The zero-order valence-electron chi connectivity index (χ0n) is 6.06. The van der Waals surface area contributed by atoms with E-state index in [1.54, 1.807) is 18.2 Å². The van der Waals surface area contributed by atoms with E-state index in [9.17, 15) is 9.90 Å². The van der Waals surface area contributed by atoms with Crippen LogP contribution < -0.4 is 5.11 Å². The van der Waals surface area contributed by atoms with E-state index < -0.39 is 15.8 Å². The molecule has 0 aliphatic rings. The van der Waals surface area contributed by atoms with E-state index in [-0.39, 0.29) is 0 Å². The summed E-state index contributed by atoms with van der Waals surface area (Å²) in [6.45, 7) is 0. The van der Waals surface area contributed by atoms with Crippen LogP contribution in [0.15, 0.2) is 29.8 Å². The Morgan fingerprint density at radius 2 is 2.17 bits per heavy atom. The predicted molar refractivity (Wildman–Crippen MR) is 45.0 cm³/mol. The molecule has 3 nitrogen and oxygen atoms in total. The smallest absolute Gasteiger partial charge is 0.302 e. The van der Waals surface area contributed by atoms with Crippen molar-refractivity contribution in [2.45, 2.75) is 0 Å². The third-order valence-electron chi connectivity index (χ3n) is 1.58. The lowest BCUT2D eigenvalue weighted by Gasteiger charge is -1.86. The van der Waals surface area contributed by atoms with Gasteiger partial charge < -0.3 is 9.90 Å². The number of benzene rings is 1. The van der Waals surface area contributed by atoms with Gasteiger partial charge in [-0.3, -0.25) is 0 Å². The molecule has 0 saturated heterocycles. The number of carbonyl (C=O) groups excluding carboxylic acids is 1. The van der Waals surface area contributed by atoms with Crippen LogP contribution in [0.5, 0.6) is 0 Å². The molecular formula is C8H5NO2S. The normalized spacial score (nSPS) is 11.8. The van der Waals surface area contributed by atoms with Crippen LogP contribution >= 0.6 is 10.5 Å². The third kappa shape index (κ3) is 0.967. The van der Waals surface area contributed by atoms with Crippen LogP contribution in [0.1, 0.15) is 0 Å². The minimum Gasteiger partial charge on any atom is -0.500 e. The standard InChI is InChI=1S/C8H5NO2S/c10-8(11)12-5-9-6-3-1-2-4-7(6)12/h1-5H. The van der Waals surface area contributed by atoms with Crippen molar-refractivity contribution in [3.8, 4) is 0 Å². The lowest BCUT2D eigenvalue weighted by molar-refractivity contribution is -0.233. The summed E-state index contributed by atoms with van der Waals surface area (Å²) in [5.41, 5.74) is 2.17. The van der Waals surface area contributed by atoms with Crippen molar-refractivity contribution in [3.63, 3.8) is 0 Å². The van der Waals surface area contributed by atoms with Crippen LogP contribution in [-0.4, -0.2) is 10.3 Å². The molecule has 0 spiro atoms. The Labute approximate surface area is 71.3 Å². The number of carboxylic acid groups (broad SMARTS) is 1. The van der Waals surface area contributed by atoms with Gasteiger partial charge in [-0.2, -0.15) is 4.98 Å². The number of hydrogen-bond donors (Lipinski definition) is 0. The van der Waals surface area contributed by atoms with Gasteiger partial charge in [-0.15, -0.1) is 0 Å². The van der Waals surface area contributed by atoms with Gasteiger partial charge in [0.1, 0.15) is 5.52 Å². The Bertz CT molecular complexity index is 435. The van der Waals surface area contributed by atoms with E-state index in [1.165, 1.54) is 5.51 Å². The van der Waals surface area contributed by atoms with Gasteiger partial charge >= 0.3 is 5.30 Å². The molecule has 0 radical (unpaired) electrons. The Hall–Kier alpha value is -1.42. The molecule has 2 aromatic rings. The molecule has 0 bridgehead atoms. The molecule has 0 aliphatic heterocycles. The van der Waals surface area contributed by atoms with Gasteiger partial charge in [-0.05, 0) is 6.07 Å². The topological polar surface area (TPSA) is 53.0 Å². The first kappa shape index (κ1) is 7.24. The van der Waals surface area contributed by atoms with E-state index in [2.05, 4.69) is 4.98 Å². The maximum atomic E-state index is 10.6. The quantitative estimate of drug-likeness (QED) is 0.617. The van der Waals surface area contributed by atoms with Gasteiger partial charge in [0.2, 0.25) is 10.2 Å². The van der Waals surface area contributed by atoms with Gasteiger partial charge in [0.15, 0.2) is 0 Å². The fraction of sp³-hybridized carbons (Fsp3) is 0. The lowest BCUT2D eigenvalue weighted by atomic mass is 10.3. The molecule has 0 saturated carbocycles. The van der Waals surface area contributed by atoms with Crippen LogP contribution in [0.25, 0.3) is 10.2 Å². The summed E-state index contributed by atoms with van der Waals surface area (Å²) >= 11 is 0. The van der Waals surface area contributed by atoms with E-state index >= 15 is 0 Å². The number of para-hydroxylation sites is 1. The molecule has 1 atom stereocenters. The second kappa shape index (κ2) is 2.57.